The van der Waals surface area contributed by atoms with Crippen molar-refractivity contribution < 1.29 is 24.2 Å². The molecule has 2 N–H and O–H groups in total. The maximum atomic E-state index is 12.5. The van der Waals surface area contributed by atoms with E-state index in [9.17, 15) is 19.5 Å². The van der Waals surface area contributed by atoms with Gasteiger partial charge in [0.15, 0.2) is 0 Å². The van der Waals surface area contributed by atoms with E-state index in [1.807, 2.05) is 24.3 Å². The van der Waals surface area contributed by atoms with Gasteiger partial charge in [-0.1, -0.05) is 60.7 Å². The highest BCUT2D eigenvalue weighted by Gasteiger charge is 2.29. The lowest BCUT2D eigenvalue weighted by atomic mass is 9.98. The minimum Gasteiger partial charge on any atom is -0.478 e. The lowest BCUT2D eigenvalue weighted by Gasteiger charge is -2.19. The fourth-order valence-corrected chi connectivity index (χ4v) is 4.33. The molecule has 7 nitrogen and oxygen atoms in total. The van der Waals surface area contributed by atoms with E-state index in [2.05, 4.69) is 29.6 Å². The average molecular weight is 459 g/mol. The fraction of sp³-hybridized carbons (Fsp3) is 0.222. The summed E-state index contributed by atoms with van der Waals surface area (Å²) in [5.74, 6) is -1.34. The number of carboxylic acids is 1. The molecule has 0 saturated carbocycles. The van der Waals surface area contributed by atoms with Crippen molar-refractivity contribution in [3.63, 3.8) is 0 Å². The molecule has 2 amide bonds. The third-order valence-corrected chi connectivity index (χ3v) is 6.05. The smallest absolute Gasteiger partial charge is 0.407 e. The van der Waals surface area contributed by atoms with Crippen molar-refractivity contribution in [3.8, 4) is 11.1 Å². The first-order valence-electron chi connectivity index (χ1n) is 11.1. The summed E-state index contributed by atoms with van der Waals surface area (Å²) in [4.78, 5) is 37.4. The summed E-state index contributed by atoms with van der Waals surface area (Å²) in [5.41, 5.74) is 5.02. The van der Waals surface area contributed by atoms with E-state index < -0.39 is 12.1 Å². The van der Waals surface area contributed by atoms with Gasteiger partial charge in [0, 0.05) is 25.9 Å². The van der Waals surface area contributed by atoms with Gasteiger partial charge in [0.2, 0.25) is 5.91 Å². The summed E-state index contributed by atoms with van der Waals surface area (Å²) in [6.45, 7) is 0.504. The van der Waals surface area contributed by atoms with Crippen LogP contribution in [-0.2, 0) is 9.53 Å². The largest absolute Gasteiger partial charge is 0.478 e. The zero-order chi connectivity index (χ0) is 24.1. The number of nitrogens with zero attached hydrogens (tertiary/aromatic N) is 1. The number of amides is 2. The Morgan fingerprint density at radius 3 is 2.15 bits per heavy atom. The van der Waals surface area contributed by atoms with Crippen LogP contribution < -0.4 is 10.2 Å². The van der Waals surface area contributed by atoms with Crippen molar-refractivity contribution in [1.29, 1.82) is 0 Å². The highest BCUT2D eigenvalue weighted by molar-refractivity contribution is 6.01. The molecule has 0 heterocycles. The molecule has 0 radical (unpaired) electrons. The predicted molar refractivity (Wildman–Crippen MR) is 129 cm³/mol. The van der Waals surface area contributed by atoms with E-state index in [0.717, 1.165) is 11.1 Å². The lowest BCUT2D eigenvalue weighted by molar-refractivity contribution is -0.118. The predicted octanol–water partition coefficient (Wildman–Crippen LogP) is 4.67. The molecule has 34 heavy (non-hydrogen) atoms. The maximum absolute atomic E-state index is 12.5. The Kier molecular flexibility index (Phi) is 6.92. The first-order valence-corrected chi connectivity index (χ1v) is 11.1. The Bertz CT molecular complexity index is 1180. The minimum absolute atomic E-state index is 0.0114. The number of fused-ring (bicyclic) bond motifs is 3. The van der Waals surface area contributed by atoms with Gasteiger partial charge in [-0.25, -0.2) is 9.59 Å². The molecular weight excluding hydrogens is 432 g/mol. The van der Waals surface area contributed by atoms with Crippen LogP contribution in [0.3, 0.4) is 0 Å². The summed E-state index contributed by atoms with van der Waals surface area (Å²) < 4.78 is 5.49. The highest BCUT2D eigenvalue weighted by atomic mass is 16.5. The molecule has 0 aromatic heterocycles. The second kappa shape index (κ2) is 10.2. The SMILES string of the molecule is CN(C(=O)CCCNC(=O)OCC1c2ccccc2-c2ccccc21)c1ccccc1C(=O)O. The first kappa shape index (κ1) is 23.0. The topological polar surface area (TPSA) is 95.9 Å². The number of nitrogens with one attached hydrogen (secondary N) is 1. The van der Waals surface area contributed by atoms with E-state index in [1.54, 1.807) is 25.2 Å². The Morgan fingerprint density at radius 1 is 0.912 bits per heavy atom. The number of carbonyl (C=O) groups excluding carboxylic acids is 2. The van der Waals surface area contributed by atoms with Crippen molar-refractivity contribution in [1.82, 2.24) is 5.32 Å². The Labute approximate surface area is 198 Å². The molecule has 174 valence electrons. The van der Waals surface area contributed by atoms with Crippen molar-refractivity contribution in [3.05, 3.63) is 89.5 Å². The number of alkyl carbamates (subject to hydrolysis) is 1. The normalized spacial score (nSPS) is 11.9. The van der Waals surface area contributed by atoms with E-state index in [-0.39, 0.29) is 37.0 Å². The van der Waals surface area contributed by atoms with Gasteiger partial charge in [0.25, 0.3) is 0 Å². The van der Waals surface area contributed by atoms with Crippen molar-refractivity contribution in [2.24, 2.45) is 0 Å². The Hall–Kier alpha value is -4.13. The molecule has 7 heteroatoms. The van der Waals surface area contributed by atoms with Crippen molar-refractivity contribution in [2.75, 3.05) is 25.1 Å². The number of anilines is 1. The lowest BCUT2D eigenvalue weighted by Crippen LogP contribution is -2.30. The van der Waals surface area contributed by atoms with Crippen molar-refractivity contribution in [2.45, 2.75) is 18.8 Å². The summed E-state index contributed by atoms with van der Waals surface area (Å²) in [6.07, 6.45) is 0.0374. The number of benzene rings is 3. The number of hydrogen-bond donors (Lipinski definition) is 2. The zero-order valence-corrected chi connectivity index (χ0v) is 18.9. The molecule has 0 atom stereocenters. The molecule has 1 aliphatic rings. The summed E-state index contributed by atoms with van der Waals surface area (Å²) in [6, 6.07) is 22.6. The maximum Gasteiger partial charge on any atom is 0.407 e. The number of ether oxygens (including phenoxy) is 1. The van der Waals surface area contributed by atoms with Gasteiger partial charge in [-0.2, -0.15) is 0 Å². The molecule has 3 aromatic carbocycles. The van der Waals surface area contributed by atoms with Gasteiger partial charge in [-0.3, -0.25) is 4.79 Å². The fourth-order valence-electron chi connectivity index (χ4n) is 4.33. The van der Waals surface area contributed by atoms with Crippen LogP contribution in [0.5, 0.6) is 0 Å². The Morgan fingerprint density at radius 2 is 1.50 bits per heavy atom. The first-order chi connectivity index (χ1) is 16.5. The molecule has 0 bridgehead atoms. The van der Waals surface area contributed by atoms with Gasteiger partial charge < -0.3 is 20.1 Å². The molecule has 0 unspecified atom stereocenters. The average Bonchev–Trinajstić information content (AvgIpc) is 3.18. The second-order valence-corrected chi connectivity index (χ2v) is 8.13. The Balaban J connectivity index is 1.25. The molecule has 0 spiro atoms. The number of hydrogen-bond acceptors (Lipinski definition) is 4. The second-order valence-electron chi connectivity index (χ2n) is 8.13. The van der Waals surface area contributed by atoms with Crippen LogP contribution in [0.15, 0.2) is 72.8 Å². The number of aromatic carboxylic acids is 1. The van der Waals surface area contributed by atoms with Crippen molar-refractivity contribution >= 4 is 23.7 Å². The third kappa shape index (κ3) is 4.78. The molecule has 4 rings (SSSR count). The number of carbonyl (C=O) groups is 3. The highest BCUT2D eigenvalue weighted by Crippen LogP contribution is 2.44. The molecule has 0 saturated heterocycles. The van der Waals surface area contributed by atoms with Gasteiger partial charge >= 0.3 is 12.1 Å². The summed E-state index contributed by atoms with van der Waals surface area (Å²) in [5, 5.41) is 12.0. The molecule has 1 aliphatic carbocycles. The van der Waals surface area contributed by atoms with Crippen LogP contribution in [0, 0.1) is 0 Å². The van der Waals surface area contributed by atoms with Gasteiger partial charge in [-0.05, 0) is 40.8 Å². The van der Waals surface area contributed by atoms with Crippen LogP contribution in [0.25, 0.3) is 11.1 Å². The van der Waals surface area contributed by atoms with E-state index >= 15 is 0 Å². The van der Waals surface area contributed by atoms with Crippen LogP contribution >= 0.6 is 0 Å². The van der Waals surface area contributed by atoms with Crippen LogP contribution in [0.1, 0.15) is 40.2 Å². The molecule has 0 fully saturated rings. The quantitative estimate of drug-likeness (QED) is 0.479. The monoisotopic (exact) mass is 458 g/mol. The summed E-state index contributed by atoms with van der Waals surface area (Å²) in [7, 11) is 1.54. The number of rotatable bonds is 8. The van der Waals surface area contributed by atoms with E-state index in [4.69, 9.17) is 4.74 Å². The van der Waals surface area contributed by atoms with Gasteiger partial charge in [-0.15, -0.1) is 0 Å². The standard InChI is InChI=1S/C27H26N2O5/c1-29(24-14-7-6-13-22(24)26(31)32)25(30)15-8-16-28-27(33)34-17-23-20-11-4-2-9-18(20)19-10-3-5-12-21(19)23/h2-7,9-14,23H,8,15-17H2,1H3,(H,28,33)(H,31,32). The van der Waals surface area contributed by atoms with E-state index in [0.29, 0.717) is 12.1 Å². The number of para-hydroxylation sites is 1. The minimum atomic E-state index is -1.09. The third-order valence-electron chi connectivity index (χ3n) is 6.05. The van der Waals surface area contributed by atoms with Crippen LogP contribution in [0.4, 0.5) is 10.5 Å². The summed E-state index contributed by atoms with van der Waals surface area (Å²) >= 11 is 0. The number of carboxylic acid groups (broad SMARTS) is 1. The van der Waals surface area contributed by atoms with E-state index in [1.165, 1.54) is 22.1 Å². The van der Waals surface area contributed by atoms with Crippen LogP contribution in [0.2, 0.25) is 0 Å². The van der Waals surface area contributed by atoms with Crippen LogP contribution in [-0.4, -0.2) is 43.3 Å². The zero-order valence-electron chi connectivity index (χ0n) is 18.9. The molecule has 3 aromatic rings. The molecule has 0 aliphatic heterocycles. The van der Waals surface area contributed by atoms with Gasteiger partial charge in [0.05, 0.1) is 11.3 Å². The molecular formula is C27H26N2O5. The van der Waals surface area contributed by atoms with Gasteiger partial charge in [0.1, 0.15) is 6.61 Å².